The van der Waals surface area contributed by atoms with E-state index < -0.39 is 0 Å². The Bertz CT molecular complexity index is 351. The lowest BCUT2D eigenvalue weighted by atomic mass is 10.0. The second kappa shape index (κ2) is 4.70. The molecule has 0 aromatic carbocycles. The van der Waals surface area contributed by atoms with E-state index in [-0.39, 0.29) is 0 Å². The summed E-state index contributed by atoms with van der Waals surface area (Å²) < 4.78 is 0. The van der Waals surface area contributed by atoms with Crippen molar-refractivity contribution in [2.75, 3.05) is 37.8 Å². The smallest absolute Gasteiger partial charge is 0.125 e. The van der Waals surface area contributed by atoms with Crippen LogP contribution < -0.4 is 10.6 Å². The summed E-state index contributed by atoms with van der Waals surface area (Å²) in [7, 11) is 4.30. The van der Waals surface area contributed by atoms with Crippen molar-refractivity contribution < 1.29 is 0 Å². The molecule has 1 aromatic heterocycles. The Morgan fingerprint density at radius 2 is 2.31 bits per heavy atom. The van der Waals surface area contributed by atoms with E-state index in [0.29, 0.717) is 11.9 Å². The fourth-order valence-electron chi connectivity index (χ4n) is 2.24. The van der Waals surface area contributed by atoms with E-state index in [4.69, 9.17) is 5.73 Å². The number of hydrogen-bond acceptors (Lipinski definition) is 4. The largest absolute Gasteiger partial charge is 0.384 e. The van der Waals surface area contributed by atoms with Crippen LogP contribution in [0.1, 0.15) is 12.8 Å². The number of rotatable bonds is 2. The average Bonchev–Trinajstić information content (AvgIpc) is 2.29. The predicted octanol–water partition coefficient (Wildman–Crippen LogP) is 1.19. The first-order valence-corrected chi connectivity index (χ1v) is 5.80. The third kappa shape index (κ3) is 2.44. The zero-order valence-electron chi connectivity index (χ0n) is 10.1. The molecule has 0 radical (unpaired) electrons. The minimum Gasteiger partial charge on any atom is -0.384 e. The predicted molar refractivity (Wildman–Crippen MR) is 67.6 cm³/mol. The molecule has 2 heterocycles. The molecule has 4 nitrogen and oxygen atoms in total. The molecule has 0 amide bonds. The van der Waals surface area contributed by atoms with E-state index in [0.717, 1.165) is 13.1 Å². The van der Waals surface area contributed by atoms with Crippen LogP contribution in [0.2, 0.25) is 0 Å². The molecule has 16 heavy (non-hydrogen) atoms. The molecule has 1 saturated heterocycles. The van der Waals surface area contributed by atoms with E-state index in [1.807, 2.05) is 12.1 Å². The van der Waals surface area contributed by atoms with Crippen molar-refractivity contribution in [3.63, 3.8) is 0 Å². The second-order valence-electron chi connectivity index (χ2n) is 4.64. The van der Waals surface area contributed by atoms with Crippen molar-refractivity contribution in [2.24, 2.45) is 0 Å². The van der Waals surface area contributed by atoms with Crippen molar-refractivity contribution in [3.8, 4) is 0 Å². The Morgan fingerprint density at radius 3 is 3.00 bits per heavy atom. The van der Waals surface area contributed by atoms with Crippen LogP contribution in [0.3, 0.4) is 0 Å². The van der Waals surface area contributed by atoms with Crippen LogP contribution in [0.15, 0.2) is 18.3 Å². The van der Waals surface area contributed by atoms with Crippen LogP contribution in [0.4, 0.5) is 11.5 Å². The van der Waals surface area contributed by atoms with Gasteiger partial charge in [-0.1, -0.05) is 0 Å². The molecule has 1 fully saturated rings. The maximum atomic E-state index is 5.71. The Hall–Kier alpha value is -1.29. The first kappa shape index (κ1) is 11.2. The minimum atomic E-state index is 0.601. The van der Waals surface area contributed by atoms with Gasteiger partial charge in [0, 0.05) is 37.1 Å². The average molecular weight is 220 g/mol. The van der Waals surface area contributed by atoms with Gasteiger partial charge in [-0.15, -0.1) is 0 Å². The van der Waals surface area contributed by atoms with Crippen molar-refractivity contribution in [3.05, 3.63) is 18.3 Å². The van der Waals surface area contributed by atoms with E-state index in [9.17, 15) is 0 Å². The van der Waals surface area contributed by atoms with Gasteiger partial charge in [0.15, 0.2) is 0 Å². The quantitative estimate of drug-likeness (QED) is 0.813. The molecule has 2 N–H and O–H groups in total. The molecule has 0 saturated carbocycles. The highest BCUT2D eigenvalue weighted by Crippen LogP contribution is 2.22. The summed E-state index contributed by atoms with van der Waals surface area (Å²) in [5, 5.41) is 0. The summed E-state index contributed by atoms with van der Waals surface area (Å²) in [4.78, 5) is 8.73. The third-order valence-electron chi connectivity index (χ3n) is 3.26. The van der Waals surface area contributed by atoms with E-state index in [1.54, 1.807) is 6.20 Å². The van der Waals surface area contributed by atoms with Crippen LogP contribution in [0, 0.1) is 0 Å². The number of hydrogen-bond donors (Lipinski definition) is 1. The van der Waals surface area contributed by atoms with E-state index in [1.165, 1.54) is 18.5 Å². The van der Waals surface area contributed by atoms with Crippen molar-refractivity contribution in [2.45, 2.75) is 18.9 Å². The molecule has 1 unspecified atom stereocenters. The lowest BCUT2D eigenvalue weighted by Crippen LogP contribution is -2.45. The van der Waals surface area contributed by atoms with Gasteiger partial charge in [0.05, 0.1) is 0 Å². The molecule has 88 valence electrons. The topological polar surface area (TPSA) is 45.4 Å². The zero-order chi connectivity index (χ0) is 11.5. The normalized spacial score (nSPS) is 21.4. The fraction of sp³-hybridized carbons (Fsp3) is 0.583. The minimum absolute atomic E-state index is 0.601. The van der Waals surface area contributed by atoms with Gasteiger partial charge < -0.3 is 15.5 Å². The lowest BCUT2D eigenvalue weighted by Gasteiger charge is -2.37. The van der Waals surface area contributed by atoms with E-state index in [2.05, 4.69) is 28.9 Å². The molecule has 1 aliphatic heterocycles. The Balaban J connectivity index is 2.09. The number of pyridine rings is 1. The molecule has 0 spiro atoms. The molecule has 0 aliphatic carbocycles. The number of piperidine rings is 1. The van der Waals surface area contributed by atoms with Gasteiger partial charge in [0.1, 0.15) is 5.82 Å². The molecule has 1 atom stereocenters. The molecule has 0 bridgehead atoms. The summed E-state index contributed by atoms with van der Waals surface area (Å²) in [6, 6.07) is 4.63. The van der Waals surface area contributed by atoms with E-state index >= 15 is 0 Å². The van der Waals surface area contributed by atoms with Gasteiger partial charge in [-0.2, -0.15) is 0 Å². The summed E-state index contributed by atoms with van der Waals surface area (Å²) in [6.07, 6.45) is 4.30. The maximum Gasteiger partial charge on any atom is 0.125 e. The van der Waals surface area contributed by atoms with Gasteiger partial charge in [-0.25, -0.2) is 4.98 Å². The molecule has 4 heteroatoms. The Labute approximate surface area is 97.1 Å². The summed E-state index contributed by atoms with van der Waals surface area (Å²) in [5.74, 6) is 0.601. The van der Waals surface area contributed by atoms with Crippen LogP contribution in [0.25, 0.3) is 0 Å². The van der Waals surface area contributed by atoms with Crippen molar-refractivity contribution >= 4 is 11.5 Å². The molecule has 1 aromatic rings. The highest BCUT2D eigenvalue weighted by molar-refractivity contribution is 5.52. The number of nitrogens with zero attached hydrogens (tertiary/aromatic N) is 3. The maximum absolute atomic E-state index is 5.71. The number of anilines is 2. The van der Waals surface area contributed by atoms with Gasteiger partial charge in [-0.05, 0) is 33.0 Å². The number of likely N-dealkylation sites (N-methyl/N-ethyl adjacent to an activating group) is 1. The standard InChI is InChI=1S/C12H20N4/c1-15(2)11-4-3-7-16(9-11)10-5-6-14-12(13)8-10/h5-6,8,11H,3-4,7,9H2,1-2H3,(H2,13,14). The molecular formula is C12H20N4. The zero-order valence-corrected chi connectivity index (χ0v) is 10.1. The lowest BCUT2D eigenvalue weighted by molar-refractivity contribution is 0.258. The highest BCUT2D eigenvalue weighted by Gasteiger charge is 2.21. The van der Waals surface area contributed by atoms with Gasteiger partial charge in [-0.3, -0.25) is 0 Å². The van der Waals surface area contributed by atoms with Crippen LogP contribution in [0.5, 0.6) is 0 Å². The molecule has 2 rings (SSSR count). The third-order valence-corrected chi connectivity index (χ3v) is 3.26. The first-order chi connectivity index (χ1) is 7.66. The summed E-state index contributed by atoms with van der Waals surface area (Å²) in [5.41, 5.74) is 6.91. The van der Waals surface area contributed by atoms with Crippen LogP contribution in [-0.4, -0.2) is 43.1 Å². The van der Waals surface area contributed by atoms with Gasteiger partial charge >= 0.3 is 0 Å². The van der Waals surface area contributed by atoms with Gasteiger partial charge in [0.2, 0.25) is 0 Å². The number of nitrogens with two attached hydrogens (primary N) is 1. The molecule has 1 aliphatic rings. The first-order valence-electron chi connectivity index (χ1n) is 5.80. The SMILES string of the molecule is CN(C)C1CCCN(c2ccnc(N)c2)C1. The summed E-state index contributed by atoms with van der Waals surface area (Å²) in [6.45, 7) is 2.20. The van der Waals surface area contributed by atoms with Gasteiger partial charge in [0.25, 0.3) is 0 Å². The van der Waals surface area contributed by atoms with Crippen LogP contribution >= 0.6 is 0 Å². The number of aromatic nitrogens is 1. The highest BCUT2D eigenvalue weighted by atomic mass is 15.2. The van der Waals surface area contributed by atoms with Crippen molar-refractivity contribution in [1.82, 2.24) is 9.88 Å². The summed E-state index contributed by atoms with van der Waals surface area (Å²) >= 11 is 0. The van der Waals surface area contributed by atoms with Crippen LogP contribution in [-0.2, 0) is 0 Å². The number of nitrogen functional groups attached to an aromatic ring is 1. The Morgan fingerprint density at radius 1 is 1.50 bits per heavy atom. The molecular weight excluding hydrogens is 200 g/mol. The fourth-order valence-corrected chi connectivity index (χ4v) is 2.24. The second-order valence-corrected chi connectivity index (χ2v) is 4.64. The Kier molecular flexibility index (Phi) is 3.29. The monoisotopic (exact) mass is 220 g/mol. The van der Waals surface area contributed by atoms with Crippen molar-refractivity contribution in [1.29, 1.82) is 0 Å².